The van der Waals surface area contributed by atoms with Crippen molar-refractivity contribution in [2.24, 2.45) is 5.73 Å². The summed E-state index contributed by atoms with van der Waals surface area (Å²) in [4.78, 5) is 35.2. The molecule has 0 saturated carbocycles. The zero-order chi connectivity index (χ0) is 56.6. The topological polar surface area (TPSA) is 134 Å². The maximum absolute atomic E-state index is 12.7. The van der Waals surface area contributed by atoms with Gasteiger partial charge in [0.05, 0.1) is 13.2 Å². The molecule has 10 heteroatoms. The summed E-state index contributed by atoms with van der Waals surface area (Å²) in [5.74, 6) is -0.819. The second-order valence-corrected chi connectivity index (χ2v) is 23.4. The van der Waals surface area contributed by atoms with Gasteiger partial charge in [-0.2, -0.15) is 0 Å². The fourth-order valence-electron chi connectivity index (χ4n) is 9.48. The van der Waals surface area contributed by atoms with E-state index in [0.717, 1.165) is 77.0 Å². The SMILES string of the molecule is CC/C=C\C/C=C\C/C=C\C/C=C\C/C=C\CCCCCCCCCCCCCCCCCCCCCCCCCC(=O)OC(COC(=O)CCCCCCCCC/C=C\CCCCCCCCC)COP(=O)(O)OCCN. The Bertz CT molecular complexity index is 1510. The highest BCUT2D eigenvalue weighted by Gasteiger charge is 2.26. The van der Waals surface area contributed by atoms with Crippen molar-refractivity contribution < 1.29 is 37.6 Å². The van der Waals surface area contributed by atoms with E-state index in [1.165, 1.54) is 205 Å². The summed E-state index contributed by atoms with van der Waals surface area (Å²) in [6, 6.07) is 0. The van der Waals surface area contributed by atoms with Crippen LogP contribution in [0.5, 0.6) is 0 Å². The molecule has 454 valence electrons. The Labute approximate surface area is 482 Å². The lowest BCUT2D eigenvalue weighted by Crippen LogP contribution is -2.29. The van der Waals surface area contributed by atoms with Crippen LogP contribution in [0, 0.1) is 0 Å². The van der Waals surface area contributed by atoms with Crippen LogP contribution < -0.4 is 5.73 Å². The number of unbranched alkanes of at least 4 members (excludes halogenated alkanes) is 37. The number of phosphoric acid groups is 1. The van der Waals surface area contributed by atoms with Gasteiger partial charge >= 0.3 is 19.8 Å². The second kappa shape index (κ2) is 63.6. The highest BCUT2D eigenvalue weighted by Crippen LogP contribution is 2.43. The molecule has 9 nitrogen and oxygen atoms in total. The number of hydrogen-bond acceptors (Lipinski definition) is 8. The average molecular weight is 1110 g/mol. The molecule has 0 aromatic rings. The third-order valence-electron chi connectivity index (χ3n) is 14.3. The van der Waals surface area contributed by atoms with E-state index in [-0.39, 0.29) is 38.6 Å². The van der Waals surface area contributed by atoms with Gasteiger partial charge in [-0.05, 0) is 83.5 Å². The zero-order valence-corrected chi connectivity index (χ0v) is 51.8. The number of nitrogens with two attached hydrogens (primary N) is 1. The lowest BCUT2D eigenvalue weighted by Gasteiger charge is -2.19. The fourth-order valence-corrected chi connectivity index (χ4v) is 10.2. The minimum Gasteiger partial charge on any atom is -0.462 e. The van der Waals surface area contributed by atoms with Crippen LogP contribution in [0.3, 0.4) is 0 Å². The molecule has 2 atom stereocenters. The molecule has 0 fully saturated rings. The van der Waals surface area contributed by atoms with Crippen molar-refractivity contribution >= 4 is 19.8 Å². The van der Waals surface area contributed by atoms with E-state index in [9.17, 15) is 19.0 Å². The van der Waals surface area contributed by atoms with Crippen molar-refractivity contribution in [3.05, 3.63) is 72.9 Å². The standard InChI is InChI=1S/C68H124NO8P/c1-3-5-7-9-11-13-15-17-19-21-23-24-25-26-27-28-29-30-31-32-33-34-35-36-37-38-39-40-41-42-43-45-47-49-51-53-55-57-59-61-68(71)77-66(65-76-78(72,73)75-63-62-69)64-74-67(70)60-58-56-54-52-50-48-46-44-22-20-18-16-14-12-10-8-6-4-2/h5,7,11,13,17,19-20,22-24,26-27,66H,3-4,6,8-10,12,14-16,18,21,25,28-65,69H2,1-2H3,(H,72,73)/b7-5-,13-11-,19-17-,22-20-,24-23-,27-26-. The zero-order valence-electron chi connectivity index (χ0n) is 50.9. The van der Waals surface area contributed by atoms with E-state index < -0.39 is 26.5 Å². The van der Waals surface area contributed by atoms with Crippen LogP contribution in [0.1, 0.15) is 316 Å². The predicted molar refractivity (Wildman–Crippen MR) is 335 cm³/mol. The summed E-state index contributed by atoms with van der Waals surface area (Å²) in [5, 5.41) is 0. The Kier molecular flexibility index (Phi) is 61.5. The summed E-state index contributed by atoms with van der Waals surface area (Å²) < 4.78 is 33.1. The molecule has 0 aliphatic carbocycles. The molecule has 0 aromatic heterocycles. The van der Waals surface area contributed by atoms with Crippen molar-refractivity contribution in [1.29, 1.82) is 0 Å². The van der Waals surface area contributed by atoms with E-state index in [0.29, 0.717) is 6.42 Å². The van der Waals surface area contributed by atoms with Gasteiger partial charge in [0.15, 0.2) is 6.10 Å². The minimum absolute atomic E-state index is 0.0533. The number of phosphoric ester groups is 1. The Morgan fingerprint density at radius 2 is 0.705 bits per heavy atom. The van der Waals surface area contributed by atoms with Crippen molar-refractivity contribution in [2.45, 2.75) is 322 Å². The highest BCUT2D eigenvalue weighted by atomic mass is 31.2. The minimum atomic E-state index is -4.39. The second-order valence-electron chi connectivity index (χ2n) is 22.0. The highest BCUT2D eigenvalue weighted by molar-refractivity contribution is 7.47. The van der Waals surface area contributed by atoms with Gasteiger partial charge in [-0.15, -0.1) is 0 Å². The Hall–Kier alpha value is -2.55. The van der Waals surface area contributed by atoms with E-state index in [2.05, 4.69) is 86.8 Å². The van der Waals surface area contributed by atoms with Crippen molar-refractivity contribution in [1.82, 2.24) is 0 Å². The number of carbonyl (C=O) groups excluding carboxylic acids is 2. The number of allylic oxidation sites excluding steroid dienone is 12. The fraction of sp³-hybridized carbons (Fsp3) is 0.794. The first kappa shape index (κ1) is 75.5. The number of ether oxygens (including phenoxy) is 2. The molecule has 2 unspecified atom stereocenters. The molecule has 0 bridgehead atoms. The van der Waals surface area contributed by atoms with Crippen molar-refractivity contribution in [3.63, 3.8) is 0 Å². The largest absolute Gasteiger partial charge is 0.472 e. The normalized spacial score (nSPS) is 13.4. The first-order valence-electron chi connectivity index (χ1n) is 32.9. The van der Waals surface area contributed by atoms with Crippen molar-refractivity contribution in [3.8, 4) is 0 Å². The van der Waals surface area contributed by atoms with Gasteiger partial charge in [0.25, 0.3) is 0 Å². The van der Waals surface area contributed by atoms with Crippen LogP contribution in [0.4, 0.5) is 0 Å². The number of hydrogen-bond donors (Lipinski definition) is 2. The van der Waals surface area contributed by atoms with Gasteiger partial charge in [-0.1, -0.05) is 292 Å². The smallest absolute Gasteiger partial charge is 0.462 e. The van der Waals surface area contributed by atoms with Crippen LogP contribution in [-0.4, -0.2) is 49.3 Å². The predicted octanol–water partition coefficient (Wildman–Crippen LogP) is 21.2. The first-order valence-corrected chi connectivity index (χ1v) is 34.4. The monoisotopic (exact) mass is 1110 g/mol. The van der Waals surface area contributed by atoms with E-state index >= 15 is 0 Å². The molecule has 0 aliphatic heterocycles. The molecule has 0 amide bonds. The maximum Gasteiger partial charge on any atom is 0.472 e. The third-order valence-corrected chi connectivity index (χ3v) is 15.3. The molecule has 78 heavy (non-hydrogen) atoms. The lowest BCUT2D eigenvalue weighted by molar-refractivity contribution is -0.161. The number of esters is 2. The Morgan fingerprint density at radius 1 is 0.397 bits per heavy atom. The average Bonchev–Trinajstić information content (AvgIpc) is 3.43. The number of carbonyl (C=O) groups is 2. The number of rotatable bonds is 62. The van der Waals surface area contributed by atoms with Crippen LogP contribution in [0.25, 0.3) is 0 Å². The molecule has 3 N–H and O–H groups in total. The summed E-state index contributed by atoms with van der Waals surface area (Å²) in [5.41, 5.74) is 5.39. The summed E-state index contributed by atoms with van der Waals surface area (Å²) in [6.07, 6.45) is 82.8. The molecule has 0 rings (SSSR count). The van der Waals surface area contributed by atoms with Crippen LogP contribution in [0.2, 0.25) is 0 Å². The lowest BCUT2D eigenvalue weighted by atomic mass is 10.0. The third kappa shape index (κ3) is 62.6. The van der Waals surface area contributed by atoms with E-state index in [4.69, 9.17) is 24.3 Å². The van der Waals surface area contributed by atoms with Gasteiger partial charge in [-0.3, -0.25) is 18.6 Å². The van der Waals surface area contributed by atoms with Crippen LogP contribution in [0.15, 0.2) is 72.9 Å². The maximum atomic E-state index is 12.7. The summed E-state index contributed by atoms with van der Waals surface area (Å²) in [7, 11) is -4.39. The van der Waals surface area contributed by atoms with Gasteiger partial charge in [-0.25, -0.2) is 4.57 Å². The van der Waals surface area contributed by atoms with Crippen LogP contribution >= 0.6 is 7.82 Å². The van der Waals surface area contributed by atoms with Gasteiger partial charge in [0.1, 0.15) is 6.61 Å². The molecule has 0 saturated heterocycles. The molecule has 0 radical (unpaired) electrons. The molecule has 0 aliphatic rings. The Morgan fingerprint density at radius 3 is 1.06 bits per heavy atom. The van der Waals surface area contributed by atoms with Crippen molar-refractivity contribution in [2.75, 3.05) is 26.4 Å². The van der Waals surface area contributed by atoms with E-state index in [1.54, 1.807) is 0 Å². The molecular weight excluding hydrogens is 990 g/mol. The summed E-state index contributed by atoms with van der Waals surface area (Å²) >= 11 is 0. The van der Waals surface area contributed by atoms with Crippen LogP contribution in [-0.2, 0) is 32.7 Å². The quantitative estimate of drug-likeness (QED) is 0.0264. The molecular formula is C68H124NO8P. The molecule has 0 heterocycles. The summed E-state index contributed by atoms with van der Waals surface area (Å²) in [6.45, 7) is 3.66. The van der Waals surface area contributed by atoms with Gasteiger partial charge < -0.3 is 20.1 Å². The molecule has 0 spiro atoms. The van der Waals surface area contributed by atoms with Gasteiger partial charge in [0.2, 0.25) is 0 Å². The molecule has 0 aromatic carbocycles. The Balaban J connectivity index is 3.80. The van der Waals surface area contributed by atoms with E-state index in [1.807, 2.05) is 0 Å². The first-order chi connectivity index (χ1) is 38.3. The van der Waals surface area contributed by atoms with Gasteiger partial charge in [0, 0.05) is 19.4 Å².